The average molecular weight is 404 g/mol. The van der Waals surface area contributed by atoms with Crippen LogP contribution in [0.5, 0.6) is 0 Å². The summed E-state index contributed by atoms with van der Waals surface area (Å²) in [6.45, 7) is 0. The third kappa shape index (κ3) is 3.59. The number of nitrogens with one attached hydrogen (secondary N) is 1. The highest BCUT2D eigenvalue weighted by Gasteiger charge is 2.12. The van der Waals surface area contributed by atoms with Crippen LogP contribution in [0.1, 0.15) is 15.9 Å². The zero-order valence-corrected chi connectivity index (χ0v) is 13.7. The Balaban J connectivity index is 2.26. The Bertz CT molecular complexity index is 616. The number of carbonyl (C=O) groups is 1. The fourth-order valence-corrected chi connectivity index (χ4v) is 2.97. The Kier molecular flexibility index (Phi) is 5.02. The lowest BCUT2D eigenvalue weighted by Crippen LogP contribution is -2.13. The first-order valence-corrected chi connectivity index (χ1v) is 7.81. The molecule has 0 saturated heterocycles. The molecular weight excluding hydrogens is 393 g/mol. The normalized spacial score (nSPS) is 10.3. The zero-order chi connectivity index (χ0) is 13.8. The molecule has 0 spiro atoms. The molecule has 0 heterocycles. The molecule has 0 bridgehead atoms. The molecule has 0 aliphatic carbocycles. The van der Waals surface area contributed by atoms with Crippen LogP contribution in [-0.4, -0.2) is 5.91 Å². The van der Waals surface area contributed by atoms with Crippen molar-refractivity contribution in [1.29, 1.82) is 0 Å². The Labute approximate surface area is 133 Å². The lowest BCUT2D eigenvalue weighted by Gasteiger charge is -2.10. The van der Waals surface area contributed by atoms with Crippen molar-refractivity contribution < 1.29 is 4.79 Å². The van der Waals surface area contributed by atoms with Crippen LogP contribution in [0.15, 0.2) is 46.9 Å². The van der Waals surface area contributed by atoms with Gasteiger partial charge in [-0.1, -0.05) is 45.7 Å². The second-order valence-corrected chi connectivity index (χ2v) is 5.72. The molecule has 0 atom stereocenters. The van der Waals surface area contributed by atoms with Gasteiger partial charge < -0.3 is 5.32 Å². The molecule has 1 amide bonds. The number of benzene rings is 2. The van der Waals surface area contributed by atoms with Gasteiger partial charge in [0.2, 0.25) is 0 Å². The summed E-state index contributed by atoms with van der Waals surface area (Å²) in [5.74, 6) is -0.169. The Morgan fingerprint density at radius 2 is 1.95 bits per heavy atom. The van der Waals surface area contributed by atoms with Gasteiger partial charge in [0.1, 0.15) is 0 Å². The molecule has 0 saturated carbocycles. The minimum Gasteiger partial charge on any atom is -0.322 e. The number of hydrogen-bond donors (Lipinski definition) is 1. The number of carbonyl (C=O) groups excluding carboxylic acids is 1. The number of alkyl halides is 1. The molecule has 98 valence electrons. The van der Waals surface area contributed by atoms with Gasteiger partial charge in [-0.3, -0.25) is 4.79 Å². The predicted molar refractivity (Wildman–Crippen MR) is 86.2 cm³/mol. The molecule has 5 heteroatoms. The van der Waals surface area contributed by atoms with Crippen molar-refractivity contribution in [1.82, 2.24) is 0 Å². The highest BCUT2D eigenvalue weighted by Crippen LogP contribution is 2.24. The molecule has 0 aliphatic heterocycles. The van der Waals surface area contributed by atoms with E-state index >= 15 is 0 Å². The summed E-state index contributed by atoms with van der Waals surface area (Å²) in [5, 5.41) is 4.17. The number of para-hydroxylation sites is 1. The molecule has 2 aromatic rings. The molecular formula is C14H10Br2ClNO. The van der Waals surface area contributed by atoms with Gasteiger partial charge in [0.15, 0.2) is 0 Å². The van der Waals surface area contributed by atoms with Crippen LogP contribution in [0, 0.1) is 0 Å². The molecule has 0 radical (unpaired) electrons. The minimum absolute atomic E-state index is 0.169. The third-order valence-corrected chi connectivity index (χ3v) is 4.08. The minimum atomic E-state index is -0.169. The second kappa shape index (κ2) is 6.55. The quantitative estimate of drug-likeness (QED) is 0.697. The second-order valence-electron chi connectivity index (χ2n) is 3.87. The fourth-order valence-electron chi connectivity index (χ4n) is 1.62. The van der Waals surface area contributed by atoms with Crippen LogP contribution in [0.25, 0.3) is 0 Å². The van der Waals surface area contributed by atoms with E-state index < -0.39 is 0 Å². The monoisotopic (exact) mass is 401 g/mol. The summed E-state index contributed by atoms with van der Waals surface area (Å²) in [6, 6.07) is 12.7. The van der Waals surface area contributed by atoms with Crippen LogP contribution < -0.4 is 5.32 Å². The summed E-state index contributed by atoms with van der Waals surface area (Å²) in [6.07, 6.45) is 0. The fraction of sp³-hybridized carbons (Fsp3) is 0.0714. The van der Waals surface area contributed by atoms with Crippen molar-refractivity contribution in [3.63, 3.8) is 0 Å². The maximum absolute atomic E-state index is 12.2. The van der Waals surface area contributed by atoms with Crippen LogP contribution >= 0.6 is 43.5 Å². The van der Waals surface area contributed by atoms with Crippen molar-refractivity contribution in [2.75, 3.05) is 5.32 Å². The van der Waals surface area contributed by atoms with Gasteiger partial charge >= 0.3 is 0 Å². The molecule has 2 nitrogen and oxygen atoms in total. The van der Waals surface area contributed by atoms with E-state index in [1.54, 1.807) is 18.2 Å². The van der Waals surface area contributed by atoms with Crippen molar-refractivity contribution in [3.05, 3.63) is 63.1 Å². The largest absolute Gasteiger partial charge is 0.322 e. The zero-order valence-electron chi connectivity index (χ0n) is 9.79. The van der Waals surface area contributed by atoms with Gasteiger partial charge in [0.25, 0.3) is 5.91 Å². The molecule has 2 rings (SSSR count). The van der Waals surface area contributed by atoms with Gasteiger partial charge in [-0.25, -0.2) is 0 Å². The highest BCUT2D eigenvalue weighted by molar-refractivity contribution is 9.10. The maximum atomic E-state index is 12.2. The summed E-state index contributed by atoms with van der Waals surface area (Å²) in [4.78, 5) is 12.2. The topological polar surface area (TPSA) is 29.1 Å². The highest BCUT2D eigenvalue weighted by atomic mass is 79.9. The number of amides is 1. The summed E-state index contributed by atoms with van der Waals surface area (Å²) in [7, 11) is 0. The van der Waals surface area contributed by atoms with Crippen LogP contribution in [-0.2, 0) is 5.33 Å². The first-order chi connectivity index (χ1) is 9.11. The molecule has 1 N–H and O–H groups in total. The van der Waals surface area contributed by atoms with Gasteiger partial charge in [-0.2, -0.15) is 0 Å². The van der Waals surface area contributed by atoms with Crippen LogP contribution in [0.2, 0.25) is 5.02 Å². The standard InChI is InChI=1S/C14H10Br2ClNO/c15-8-9-3-1-2-4-13(9)18-14(19)11-6-5-10(17)7-12(11)16/h1-7H,8H2,(H,18,19). The van der Waals surface area contributed by atoms with E-state index in [0.717, 1.165) is 11.3 Å². The van der Waals surface area contributed by atoms with Crippen molar-refractivity contribution in [2.45, 2.75) is 5.33 Å². The van der Waals surface area contributed by atoms with Crippen LogP contribution in [0.3, 0.4) is 0 Å². The first kappa shape index (κ1) is 14.6. The summed E-state index contributed by atoms with van der Waals surface area (Å²) < 4.78 is 0.675. The predicted octanol–water partition coefficient (Wildman–Crippen LogP) is 5.25. The summed E-state index contributed by atoms with van der Waals surface area (Å²) >= 11 is 12.6. The third-order valence-electron chi connectivity index (χ3n) is 2.59. The maximum Gasteiger partial charge on any atom is 0.256 e. The van der Waals surface area contributed by atoms with Gasteiger partial charge in [0.05, 0.1) is 5.56 Å². The summed E-state index contributed by atoms with van der Waals surface area (Å²) in [5.41, 5.74) is 2.38. The number of hydrogen-bond acceptors (Lipinski definition) is 1. The van der Waals surface area contributed by atoms with E-state index in [4.69, 9.17) is 11.6 Å². The lowest BCUT2D eigenvalue weighted by molar-refractivity contribution is 0.102. The Hall–Kier alpha value is -0.840. The molecule has 0 aromatic heterocycles. The van der Waals surface area contributed by atoms with E-state index in [0.29, 0.717) is 20.4 Å². The SMILES string of the molecule is O=C(Nc1ccccc1CBr)c1ccc(Cl)cc1Br. The average Bonchev–Trinajstić information content (AvgIpc) is 2.39. The van der Waals surface area contributed by atoms with E-state index in [1.165, 1.54) is 0 Å². The molecule has 0 unspecified atom stereocenters. The van der Waals surface area contributed by atoms with E-state index in [2.05, 4.69) is 37.2 Å². The number of rotatable bonds is 3. The van der Waals surface area contributed by atoms with Crippen molar-refractivity contribution in [2.24, 2.45) is 0 Å². The van der Waals surface area contributed by atoms with Crippen LogP contribution in [0.4, 0.5) is 5.69 Å². The van der Waals surface area contributed by atoms with E-state index in [9.17, 15) is 4.79 Å². The molecule has 0 fully saturated rings. The Morgan fingerprint density at radius 1 is 1.21 bits per heavy atom. The van der Waals surface area contributed by atoms with Crippen molar-refractivity contribution >= 4 is 55.1 Å². The molecule has 2 aromatic carbocycles. The molecule has 19 heavy (non-hydrogen) atoms. The Morgan fingerprint density at radius 3 is 2.63 bits per heavy atom. The van der Waals surface area contributed by atoms with Crippen molar-refractivity contribution in [3.8, 4) is 0 Å². The number of halogens is 3. The van der Waals surface area contributed by atoms with E-state index in [1.807, 2.05) is 24.3 Å². The van der Waals surface area contributed by atoms with Gasteiger partial charge in [-0.05, 0) is 45.8 Å². The van der Waals surface area contributed by atoms with Gasteiger partial charge in [0, 0.05) is 20.5 Å². The van der Waals surface area contributed by atoms with E-state index in [-0.39, 0.29) is 5.91 Å². The lowest BCUT2D eigenvalue weighted by atomic mass is 10.1. The smallest absolute Gasteiger partial charge is 0.256 e. The van der Waals surface area contributed by atoms with Gasteiger partial charge in [-0.15, -0.1) is 0 Å². The first-order valence-electron chi connectivity index (χ1n) is 5.52. The number of anilines is 1. The molecule has 0 aliphatic rings.